The van der Waals surface area contributed by atoms with Gasteiger partial charge in [-0.05, 0) is 36.4 Å². The zero-order valence-electron chi connectivity index (χ0n) is 9.83. The maximum Gasteiger partial charge on any atom is 0.331 e. The number of hydrogen-bond donors (Lipinski definition) is 1. The van der Waals surface area contributed by atoms with E-state index >= 15 is 0 Å². The van der Waals surface area contributed by atoms with Gasteiger partial charge in [-0.2, -0.15) is 0 Å². The molecular weight excluding hydrogens is 239 g/mol. The molecule has 0 saturated carbocycles. The van der Waals surface area contributed by atoms with E-state index in [9.17, 15) is 9.18 Å². The van der Waals surface area contributed by atoms with Crippen LogP contribution in [0, 0.1) is 5.82 Å². The first-order chi connectivity index (χ1) is 8.44. The third kappa shape index (κ3) is 1.83. The molecule has 0 fully saturated rings. The summed E-state index contributed by atoms with van der Waals surface area (Å²) in [5, 5.41) is 19.9. The van der Waals surface area contributed by atoms with Gasteiger partial charge < -0.3 is 5.11 Å². The molecule has 6 nitrogen and oxygen atoms in total. The summed E-state index contributed by atoms with van der Waals surface area (Å²) in [4.78, 5) is 11.2. The summed E-state index contributed by atoms with van der Waals surface area (Å²) in [6.45, 7) is 2.88. The molecule has 0 atom stereocenters. The maximum absolute atomic E-state index is 13.7. The second-order valence-corrected chi connectivity index (χ2v) is 4.26. The van der Waals surface area contributed by atoms with Gasteiger partial charge in [0.15, 0.2) is 11.4 Å². The van der Waals surface area contributed by atoms with E-state index in [2.05, 4.69) is 15.5 Å². The minimum absolute atomic E-state index is 0.0838. The molecule has 0 amide bonds. The predicted octanol–water partition coefficient (Wildman–Crippen LogP) is 1.30. The Bertz CT molecular complexity index is 594. The molecule has 2 rings (SSSR count). The Balaban J connectivity index is 2.60. The summed E-state index contributed by atoms with van der Waals surface area (Å²) >= 11 is 0. The molecule has 18 heavy (non-hydrogen) atoms. The predicted molar refractivity (Wildman–Crippen MR) is 60.2 cm³/mol. The molecule has 0 spiro atoms. The monoisotopic (exact) mass is 250 g/mol. The molecular formula is C11H11FN4O2. The van der Waals surface area contributed by atoms with Gasteiger partial charge in [0.1, 0.15) is 5.82 Å². The lowest BCUT2D eigenvalue weighted by Crippen LogP contribution is -2.37. The number of aromatic nitrogens is 4. The first-order valence-electron chi connectivity index (χ1n) is 5.21. The van der Waals surface area contributed by atoms with Gasteiger partial charge in [0.2, 0.25) is 0 Å². The quantitative estimate of drug-likeness (QED) is 0.887. The van der Waals surface area contributed by atoms with Crippen LogP contribution in [0.2, 0.25) is 0 Å². The lowest BCUT2D eigenvalue weighted by molar-refractivity contribution is -0.146. The third-order valence-corrected chi connectivity index (χ3v) is 2.64. The van der Waals surface area contributed by atoms with E-state index in [0.29, 0.717) is 0 Å². The average Bonchev–Trinajstić information content (AvgIpc) is 2.78. The van der Waals surface area contributed by atoms with Crippen LogP contribution in [0.15, 0.2) is 24.3 Å². The number of hydrogen-bond acceptors (Lipinski definition) is 4. The van der Waals surface area contributed by atoms with Crippen LogP contribution in [0.1, 0.15) is 13.8 Å². The SMILES string of the molecule is CC(C)(C(=O)O)n1nnnc1-c1ccccc1F. The van der Waals surface area contributed by atoms with Crippen LogP contribution in [0.25, 0.3) is 11.4 Å². The van der Waals surface area contributed by atoms with E-state index in [-0.39, 0.29) is 11.4 Å². The zero-order chi connectivity index (χ0) is 13.3. The molecule has 7 heteroatoms. The van der Waals surface area contributed by atoms with E-state index in [4.69, 9.17) is 5.11 Å². The van der Waals surface area contributed by atoms with Crippen molar-refractivity contribution in [1.82, 2.24) is 20.2 Å². The molecule has 1 N–H and O–H groups in total. The van der Waals surface area contributed by atoms with Crippen LogP contribution in [-0.2, 0) is 10.3 Å². The van der Waals surface area contributed by atoms with Gasteiger partial charge in [-0.1, -0.05) is 12.1 Å². The standard InChI is InChI=1S/C11H11FN4O2/c1-11(2,10(17)18)16-9(13-14-15-16)7-5-3-4-6-8(7)12/h3-6H,1-2H3,(H,17,18). The van der Waals surface area contributed by atoms with E-state index in [1.807, 2.05) is 0 Å². The van der Waals surface area contributed by atoms with Gasteiger partial charge in [-0.15, -0.1) is 5.10 Å². The van der Waals surface area contributed by atoms with E-state index in [1.54, 1.807) is 6.07 Å². The number of carboxylic acid groups (broad SMARTS) is 1. The molecule has 0 aliphatic heterocycles. The molecule has 0 unspecified atom stereocenters. The van der Waals surface area contributed by atoms with Crippen molar-refractivity contribution in [2.24, 2.45) is 0 Å². The fraction of sp³-hybridized carbons (Fsp3) is 0.273. The van der Waals surface area contributed by atoms with Gasteiger partial charge in [-0.25, -0.2) is 13.9 Å². The van der Waals surface area contributed by atoms with Crippen LogP contribution in [0.4, 0.5) is 4.39 Å². The summed E-state index contributed by atoms with van der Waals surface area (Å²) in [7, 11) is 0. The van der Waals surface area contributed by atoms with Crippen molar-refractivity contribution in [3.05, 3.63) is 30.1 Å². The summed E-state index contributed by atoms with van der Waals surface area (Å²) in [5.74, 6) is -1.53. The van der Waals surface area contributed by atoms with Crippen LogP contribution in [0.5, 0.6) is 0 Å². The summed E-state index contributed by atoms with van der Waals surface area (Å²) < 4.78 is 14.8. The van der Waals surface area contributed by atoms with E-state index in [0.717, 1.165) is 4.68 Å². The molecule has 0 bridgehead atoms. The highest BCUT2D eigenvalue weighted by atomic mass is 19.1. The normalized spacial score (nSPS) is 11.5. The smallest absolute Gasteiger partial charge is 0.331 e. The zero-order valence-corrected chi connectivity index (χ0v) is 9.83. The maximum atomic E-state index is 13.7. The second kappa shape index (κ2) is 4.17. The lowest BCUT2D eigenvalue weighted by atomic mass is 10.1. The van der Waals surface area contributed by atoms with E-state index < -0.39 is 17.3 Å². The number of carbonyl (C=O) groups is 1. The second-order valence-electron chi connectivity index (χ2n) is 4.26. The van der Waals surface area contributed by atoms with Crippen molar-refractivity contribution in [1.29, 1.82) is 0 Å². The lowest BCUT2D eigenvalue weighted by Gasteiger charge is -2.20. The van der Waals surface area contributed by atoms with Crippen LogP contribution >= 0.6 is 0 Å². The Kier molecular flexibility index (Phi) is 2.82. The van der Waals surface area contributed by atoms with Gasteiger partial charge in [0.25, 0.3) is 0 Å². The molecule has 94 valence electrons. The molecule has 1 heterocycles. The largest absolute Gasteiger partial charge is 0.479 e. The van der Waals surface area contributed by atoms with Crippen LogP contribution in [-0.4, -0.2) is 31.3 Å². The minimum Gasteiger partial charge on any atom is -0.479 e. The number of halogens is 1. The molecule has 0 radical (unpaired) electrons. The van der Waals surface area contributed by atoms with Crippen molar-refractivity contribution in [3.63, 3.8) is 0 Å². The van der Waals surface area contributed by atoms with Gasteiger partial charge >= 0.3 is 5.97 Å². The highest BCUT2D eigenvalue weighted by Gasteiger charge is 2.34. The number of rotatable bonds is 3. The van der Waals surface area contributed by atoms with Gasteiger partial charge in [0, 0.05) is 0 Å². The Hall–Kier alpha value is -2.31. The minimum atomic E-state index is -1.36. The molecule has 2 aromatic rings. The Morgan fingerprint density at radius 1 is 1.39 bits per heavy atom. The number of nitrogens with zero attached hydrogens (tertiary/aromatic N) is 4. The van der Waals surface area contributed by atoms with E-state index in [1.165, 1.54) is 32.0 Å². The van der Waals surface area contributed by atoms with Crippen molar-refractivity contribution in [2.75, 3.05) is 0 Å². The van der Waals surface area contributed by atoms with Crippen molar-refractivity contribution in [2.45, 2.75) is 19.4 Å². The van der Waals surface area contributed by atoms with Crippen LogP contribution in [0.3, 0.4) is 0 Å². The Labute approximate surface area is 102 Å². The summed E-state index contributed by atoms with van der Waals surface area (Å²) in [5.41, 5.74) is -1.20. The summed E-state index contributed by atoms with van der Waals surface area (Å²) in [6, 6.07) is 5.93. The molecule has 1 aromatic carbocycles. The molecule has 0 aliphatic rings. The Morgan fingerprint density at radius 2 is 2.06 bits per heavy atom. The van der Waals surface area contributed by atoms with Gasteiger partial charge in [-0.3, -0.25) is 0 Å². The average molecular weight is 250 g/mol. The highest BCUT2D eigenvalue weighted by Crippen LogP contribution is 2.24. The van der Waals surface area contributed by atoms with Crippen molar-refractivity contribution >= 4 is 5.97 Å². The molecule has 0 aliphatic carbocycles. The third-order valence-electron chi connectivity index (χ3n) is 2.64. The topological polar surface area (TPSA) is 80.9 Å². The number of benzene rings is 1. The number of carboxylic acids is 1. The first kappa shape index (κ1) is 12.2. The van der Waals surface area contributed by atoms with Gasteiger partial charge in [0.05, 0.1) is 5.56 Å². The number of aliphatic carboxylic acids is 1. The van der Waals surface area contributed by atoms with Crippen LogP contribution < -0.4 is 0 Å². The molecule has 1 aromatic heterocycles. The fourth-order valence-electron chi connectivity index (χ4n) is 1.46. The first-order valence-corrected chi connectivity index (χ1v) is 5.21. The fourth-order valence-corrected chi connectivity index (χ4v) is 1.46. The Morgan fingerprint density at radius 3 is 2.67 bits per heavy atom. The highest BCUT2D eigenvalue weighted by molar-refractivity contribution is 5.76. The summed E-state index contributed by atoms with van der Waals surface area (Å²) in [6.07, 6.45) is 0. The number of tetrazole rings is 1. The van der Waals surface area contributed by atoms with Crippen molar-refractivity contribution in [3.8, 4) is 11.4 Å². The molecule has 0 saturated heterocycles. The van der Waals surface area contributed by atoms with Crippen molar-refractivity contribution < 1.29 is 14.3 Å².